The van der Waals surface area contributed by atoms with Crippen molar-refractivity contribution < 1.29 is 4.74 Å². The van der Waals surface area contributed by atoms with E-state index in [4.69, 9.17) is 4.74 Å². The zero-order valence-electron chi connectivity index (χ0n) is 14.7. The van der Waals surface area contributed by atoms with Crippen molar-refractivity contribution >= 4 is 21.9 Å². The number of hydrogen-bond donors (Lipinski definition) is 2. The van der Waals surface area contributed by atoms with Gasteiger partial charge in [-0.25, -0.2) is 0 Å². The Morgan fingerprint density at radius 1 is 1.29 bits per heavy atom. The zero-order valence-corrected chi connectivity index (χ0v) is 16.3. The average Bonchev–Trinajstić information content (AvgIpc) is 2.61. The van der Waals surface area contributed by atoms with Crippen LogP contribution in [-0.2, 0) is 11.3 Å². The van der Waals surface area contributed by atoms with Gasteiger partial charge in [0.25, 0.3) is 0 Å². The molecule has 134 valence electrons. The van der Waals surface area contributed by atoms with E-state index in [1.807, 2.05) is 7.05 Å². The topological polar surface area (TPSA) is 48.9 Å². The molecule has 2 N–H and O–H groups in total. The van der Waals surface area contributed by atoms with E-state index in [1.54, 1.807) is 7.11 Å². The quantitative estimate of drug-likeness (QED) is 0.422. The number of likely N-dealkylation sites (tertiary alicyclic amines) is 1. The van der Waals surface area contributed by atoms with Gasteiger partial charge in [-0.1, -0.05) is 28.1 Å². The zero-order chi connectivity index (χ0) is 17.2. The number of rotatable bonds is 7. The highest BCUT2D eigenvalue weighted by Crippen LogP contribution is 2.11. The lowest BCUT2D eigenvalue weighted by Crippen LogP contribution is -2.48. The number of nitrogens with zero attached hydrogens (tertiary/aromatic N) is 2. The molecule has 1 heterocycles. The molecule has 2 rings (SSSR count). The van der Waals surface area contributed by atoms with Crippen LogP contribution in [-0.4, -0.2) is 57.3 Å². The number of nitrogens with one attached hydrogen (secondary N) is 2. The number of aliphatic imine (C=N–C) groups is 1. The number of halogens is 1. The van der Waals surface area contributed by atoms with Crippen molar-refractivity contribution in [3.63, 3.8) is 0 Å². The van der Waals surface area contributed by atoms with Crippen LogP contribution in [0, 0.1) is 0 Å². The number of ether oxygens (including phenoxy) is 1. The maximum atomic E-state index is 5.13. The first-order valence-corrected chi connectivity index (χ1v) is 9.43. The van der Waals surface area contributed by atoms with E-state index in [-0.39, 0.29) is 0 Å². The Morgan fingerprint density at radius 3 is 2.62 bits per heavy atom. The molecule has 6 heteroatoms. The molecule has 0 saturated carbocycles. The molecule has 1 aliphatic rings. The summed E-state index contributed by atoms with van der Waals surface area (Å²) in [6, 6.07) is 8.85. The van der Waals surface area contributed by atoms with E-state index < -0.39 is 0 Å². The second kappa shape index (κ2) is 10.7. The molecule has 1 aromatic rings. The predicted octanol–water partition coefficient (Wildman–Crippen LogP) is 2.62. The predicted molar refractivity (Wildman–Crippen MR) is 103 cm³/mol. The van der Waals surface area contributed by atoms with Gasteiger partial charge in [0.1, 0.15) is 0 Å². The smallest absolute Gasteiger partial charge is 0.191 e. The van der Waals surface area contributed by atoms with Crippen LogP contribution in [0.25, 0.3) is 0 Å². The molecule has 0 unspecified atom stereocenters. The first-order chi connectivity index (χ1) is 11.7. The number of methoxy groups -OCH3 is 1. The van der Waals surface area contributed by atoms with Gasteiger partial charge in [-0.3, -0.25) is 4.99 Å². The van der Waals surface area contributed by atoms with Crippen molar-refractivity contribution in [3.8, 4) is 0 Å². The summed E-state index contributed by atoms with van der Waals surface area (Å²) in [5, 5.41) is 6.95. The summed E-state index contributed by atoms with van der Waals surface area (Å²) in [4.78, 5) is 6.87. The summed E-state index contributed by atoms with van der Waals surface area (Å²) >= 11 is 3.46. The van der Waals surface area contributed by atoms with Crippen molar-refractivity contribution in [3.05, 3.63) is 34.3 Å². The SMILES string of the molecule is CN=C(NCc1ccc(Br)cc1)NC1CCN(CCCOC)CC1. The molecule has 1 aromatic carbocycles. The summed E-state index contributed by atoms with van der Waals surface area (Å²) in [6.45, 7) is 5.06. The van der Waals surface area contributed by atoms with E-state index in [0.29, 0.717) is 6.04 Å². The van der Waals surface area contributed by atoms with Gasteiger partial charge in [-0.2, -0.15) is 0 Å². The summed E-state index contributed by atoms with van der Waals surface area (Å²) in [5.74, 6) is 0.885. The highest BCUT2D eigenvalue weighted by Gasteiger charge is 2.19. The molecule has 5 nitrogen and oxygen atoms in total. The van der Waals surface area contributed by atoms with Crippen LogP contribution >= 0.6 is 15.9 Å². The van der Waals surface area contributed by atoms with Crippen LogP contribution in [0.15, 0.2) is 33.7 Å². The van der Waals surface area contributed by atoms with Crippen LogP contribution in [0.4, 0.5) is 0 Å². The lowest BCUT2D eigenvalue weighted by atomic mass is 10.1. The Kier molecular flexibility index (Phi) is 8.56. The van der Waals surface area contributed by atoms with Crippen molar-refractivity contribution in [2.24, 2.45) is 4.99 Å². The van der Waals surface area contributed by atoms with Gasteiger partial charge in [0.05, 0.1) is 0 Å². The Morgan fingerprint density at radius 2 is 2.00 bits per heavy atom. The molecule has 0 spiro atoms. The van der Waals surface area contributed by atoms with Crippen molar-refractivity contribution in [1.82, 2.24) is 15.5 Å². The third-order valence-corrected chi connectivity index (χ3v) is 4.88. The highest BCUT2D eigenvalue weighted by molar-refractivity contribution is 9.10. The Labute approximate surface area is 154 Å². The Balaban J connectivity index is 1.69. The van der Waals surface area contributed by atoms with E-state index in [9.17, 15) is 0 Å². The summed E-state index contributed by atoms with van der Waals surface area (Å²) in [6.07, 6.45) is 3.43. The third-order valence-electron chi connectivity index (χ3n) is 4.35. The van der Waals surface area contributed by atoms with Gasteiger partial charge in [-0.05, 0) is 37.0 Å². The van der Waals surface area contributed by atoms with Crippen LogP contribution in [0.5, 0.6) is 0 Å². The minimum absolute atomic E-state index is 0.500. The Hall–Kier alpha value is -1.11. The lowest BCUT2D eigenvalue weighted by molar-refractivity contribution is 0.155. The molecule has 1 aliphatic heterocycles. The molecule has 0 aliphatic carbocycles. The highest BCUT2D eigenvalue weighted by atomic mass is 79.9. The summed E-state index contributed by atoms with van der Waals surface area (Å²) in [5.41, 5.74) is 1.24. The standard InChI is InChI=1S/C18H29BrN4O/c1-20-18(21-14-15-4-6-16(19)7-5-15)22-17-8-11-23(12-9-17)10-3-13-24-2/h4-7,17H,3,8-14H2,1-2H3,(H2,20,21,22). The molecule has 0 radical (unpaired) electrons. The number of benzene rings is 1. The summed E-state index contributed by atoms with van der Waals surface area (Å²) < 4.78 is 6.23. The molecular weight excluding hydrogens is 368 g/mol. The first kappa shape index (κ1) is 19.2. The minimum atomic E-state index is 0.500. The van der Waals surface area contributed by atoms with E-state index in [0.717, 1.165) is 62.5 Å². The van der Waals surface area contributed by atoms with Gasteiger partial charge in [0.2, 0.25) is 0 Å². The van der Waals surface area contributed by atoms with Crippen molar-refractivity contribution in [1.29, 1.82) is 0 Å². The van der Waals surface area contributed by atoms with E-state index in [1.165, 1.54) is 5.56 Å². The molecule has 0 amide bonds. The molecule has 24 heavy (non-hydrogen) atoms. The van der Waals surface area contributed by atoms with Gasteiger partial charge < -0.3 is 20.3 Å². The van der Waals surface area contributed by atoms with Gasteiger partial charge in [0.15, 0.2) is 5.96 Å². The largest absolute Gasteiger partial charge is 0.385 e. The molecule has 1 fully saturated rings. The molecule has 1 saturated heterocycles. The van der Waals surface area contributed by atoms with Crippen molar-refractivity contribution in [2.75, 3.05) is 40.4 Å². The molecule has 0 aromatic heterocycles. The maximum Gasteiger partial charge on any atom is 0.191 e. The second-order valence-electron chi connectivity index (χ2n) is 6.16. The number of hydrogen-bond acceptors (Lipinski definition) is 3. The minimum Gasteiger partial charge on any atom is -0.385 e. The molecule has 0 atom stereocenters. The normalized spacial score (nSPS) is 17.0. The van der Waals surface area contributed by atoms with Gasteiger partial charge in [0, 0.05) is 57.5 Å². The first-order valence-electron chi connectivity index (χ1n) is 8.64. The number of piperidine rings is 1. The van der Waals surface area contributed by atoms with E-state index >= 15 is 0 Å². The van der Waals surface area contributed by atoms with Crippen LogP contribution in [0.3, 0.4) is 0 Å². The second-order valence-corrected chi connectivity index (χ2v) is 7.07. The summed E-state index contributed by atoms with van der Waals surface area (Å²) in [7, 11) is 3.60. The van der Waals surface area contributed by atoms with Crippen LogP contribution < -0.4 is 10.6 Å². The number of guanidine groups is 1. The maximum absolute atomic E-state index is 5.13. The van der Waals surface area contributed by atoms with Gasteiger partial charge >= 0.3 is 0 Å². The van der Waals surface area contributed by atoms with E-state index in [2.05, 4.69) is 60.7 Å². The average molecular weight is 397 g/mol. The van der Waals surface area contributed by atoms with Crippen LogP contribution in [0.1, 0.15) is 24.8 Å². The van der Waals surface area contributed by atoms with Crippen molar-refractivity contribution in [2.45, 2.75) is 31.8 Å². The fraction of sp³-hybridized carbons (Fsp3) is 0.611. The molecule has 0 bridgehead atoms. The monoisotopic (exact) mass is 396 g/mol. The third kappa shape index (κ3) is 6.79. The van der Waals surface area contributed by atoms with Gasteiger partial charge in [-0.15, -0.1) is 0 Å². The fourth-order valence-electron chi connectivity index (χ4n) is 2.91. The lowest BCUT2D eigenvalue weighted by Gasteiger charge is -2.33. The molecular formula is C18H29BrN4O. The fourth-order valence-corrected chi connectivity index (χ4v) is 3.17. The Bertz CT molecular complexity index is 498. The van der Waals surface area contributed by atoms with Crippen LogP contribution in [0.2, 0.25) is 0 Å².